The van der Waals surface area contributed by atoms with E-state index in [1.165, 1.54) is 5.56 Å². The standard InChI is InChI=1S/C21H38N6O2/c1-15-18(16(2)26(7)25-15)13-24-19(22-6)23-11-10-17-9-8-12-27(14-17)20(28)29-21(3,4)5/h17H,8-14H2,1-7H3,(H2,22,23,24). The third-order valence-corrected chi connectivity index (χ3v) is 5.33. The quantitative estimate of drug-likeness (QED) is 0.580. The molecule has 1 aliphatic rings. The molecule has 1 amide bonds. The summed E-state index contributed by atoms with van der Waals surface area (Å²) in [5, 5.41) is 11.2. The number of hydrogen-bond donors (Lipinski definition) is 2. The zero-order valence-corrected chi connectivity index (χ0v) is 19.1. The van der Waals surface area contributed by atoms with Crippen molar-refractivity contribution in [1.82, 2.24) is 25.3 Å². The largest absolute Gasteiger partial charge is 0.444 e. The van der Waals surface area contributed by atoms with Crippen LogP contribution in [0.15, 0.2) is 4.99 Å². The molecule has 1 aromatic rings. The lowest BCUT2D eigenvalue weighted by atomic mass is 9.95. The highest BCUT2D eigenvalue weighted by Gasteiger charge is 2.27. The fourth-order valence-electron chi connectivity index (χ4n) is 3.65. The third-order valence-electron chi connectivity index (χ3n) is 5.33. The second-order valence-corrected chi connectivity index (χ2v) is 8.85. The molecule has 1 atom stereocenters. The van der Waals surface area contributed by atoms with Gasteiger partial charge in [-0.1, -0.05) is 0 Å². The first-order valence-electron chi connectivity index (χ1n) is 10.5. The predicted molar refractivity (Wildman–Crippen MR) is 116 cm³/mol. The second-order valence-electron chi connectivity index (χ2n) is 8.85. The number of carbonyl (C=O) groups is 1. The van der Waals surface area contributed by atoms with Crippen LogP contribution in [0.3, 0.4) is 0 Å². The molecule has 0 spiro atoms. The number of nitrogens with one attached hydrogen (secondary N) is 2. The Hall–Kier alpha value is -2.25. The summed E-state index contributed by atoms with van der Waals surface area (Å²) in [6.45, 7) is 12.9. The van der Waals surface area contributed by atoms with E-state index in [-0.39, 0.29) is 6.09 Å². The van der Waals surface area contributed by atoms with Crippen LogP contribution in [0.1, 0.15) is 57.0 Å². The number of carbonyl (C=O) groups excluding carboxylic acids is 1. The number of likely N-dealkylation sites (tertiary alicyclic amines) is 1. The van der Waals surface area contributed by atoms with Crippen LogP contribution in [0, 0.1) is 19.8 Å². The Morgan fingerprint density at radius 1 is 1.31 bits per heavy atom. The molecule has 29 heavy (non-hydrogen) atoms. The van der Waals surface area contributed by atoms with Crippen molar-refractivity contribution in [1.29, 1.82) is 0 Å². The molecule has 1 unspecified atom stereocenters. The number of piperidine rings is 1. The summed E-state index contributed by atoms with van der Waals surface area (Å²) < 4.78 is 7.42. The van der Waals surface area contributed by atoms with Gasteiger partial charge in [0, 0.05) is 51.5 Å². The minimum atomic E-state index is -0.450. The Labute approximate surface area is 175 Å². The number of nitrogens with zero attached hydrogens (tertiary/aromatic N) is 4. The fraction of sp³-hybridized carbons (Fsp3) is 0.762. The van der Waals surface area contributed by atoms with E-state index in [1.54, 1.807) is 7.05 Å². The molecular formula is C21H38N6O2. The zero-order chi connectivity index (χ0) is 21.6. The molecule has 0 aromatic carbocycles. The molecule has 0 radical (unpaired) electrons. The molecule has 1 aromatic heterocycles. The van der Waals surface area contributed by atoms with Crippen molar-refractivity contribution in [2.75, 3.05) is 26.7 Å². The zero-order valence-electron chi connectivity index (χ0n) is 19.1. The van der Waals surface area contributed by atoms with Crippen molar-refractivity contribution in [2.24, 2.45) is 18.0 Å². The van der Waals surface area contributed by atoms with E-state index in [1.807, 2.05) is 44.3 Å². The molecule has 0 aliphatic carbocycles. The van der Waals surface area contributed by atoms with Crippen LogP contribution in [-0.4, -0.2) is 59.0 Å². The van der Waals surface area contributed by atoms with Gasteiger partial charge in [0.05, 0.1) is 5.69 Å². The monoisotopic (exact) mass is 406 g/mol. The lowest BCUT2D eigenvalue weighted by molar-refractivity contribution is 0.0162. The Bertz CT molecular complexity index is 719. The number of guanidine groups is 1. The molecule has 2 heterocycles. The Morgan fingerprint density at radius 2 is 2.03 bits per heavy atom. The van der Waals surface area contributed by atoms with Crippen LogP contribution in [-0.2, 0) is 18.3 Å². The first kappa shape index (κ1) is 23.0. The average Bonchev–Trinajstić information content (AvgIpc) is 2.89. The summed E-state index contributed by atoms with van der Waals surface area (Å²) in [6.07, 6.45) is 2.96. The maximum absolute atomic E-state index is 12.3. The van der Waals surface area contributed by atoms with E-state index in [0.717, 1.165) is 56.2 Å². The Kier molecular flexibility index (Phi) is 7.93. The van der Waals surface area contributed by atoms with E-state index in [2.05, 4.69) is 27.6 Å². The number of rotatable bonds is 5. The van der Waals surface area contributed by atoms with Crippen LogP contribution in [0.5, 0.6) is 0 Å². The number of ether oxygens (including phenoxy) is 1. The molecule has 2 rings (SSSR count). The molecule has 1 aliphatic heterocycles. The van der Waals surface area contributed by atoms with Gasteiger partial charge in [-0.05, 0) is 59.8 Å². The third kappa shape index (κ3) is 6.94. The highest BCUT2D eigenvalue weighted by atomic mass is 16.6. The predicted octanol–water partition coefficient (Wildman–Crippen LogP) is 2.74. The van der Waals surface area contributed by atoms with Crippen LogP contribution in [0.4, 0.5) is 4.79 Å². The van der Waals surface area contributed by atoms with E-state index in [4.69, 9.17) is 4.74 Å². The van der Waals surface area contributed by atoms with E-state index in [9.17, 15) is 4.79 Å². The molecule has 8 heteroatoms. The number of aromatic nitrogens is 2. The van der Waals surface area contributed by atoms with Crippen LogP contribution in [0.2, 0.25) is 0 Å². The van der Waals surface area contributed by atoms with Gasteiger partial charge in [0.2, 0.25) is 0 Å². The van der Waals surface area contributed by atoms with Crippen molar-refractivity contribution >= 4 is 12.1 Å². The van der Waals surface area contributed by atoms with Crippen LogP contribution < -0.4 is 10.6 Å². The maximum atomic E-state index is 12.3. The number of hydrogen-bond acceptors (Lipinski definition) is 4. The van der Waals surface area contributed by atoms with Gasteiger partial charge in [-0.15, -0.1) is 0 Å². The van der Waals surface area contributed by atoms with Crippen molar-refractivity contribution in [3.63, 3.8) is 0 Å². The fourth-order valence-corrected chi connectivity index (χ4v) is 3.65. The molecule has 1 fully saturated rings. The number of aliphatic imine (C=N–C) groups is 1. The SMILES string of the molecule is CN=C(NCCC1CCCN(C(=O)OC(C)(C)C)C1)NCc1c(C)nn(C)c1C. The minimum Gasteiger partial charge on any atom is -0.444 e. The van der Waals surface area contributed by atoms with Gasteiger partial charge >= 0.3 is 6.09 Å². The van der Waals surface area contributed by atoms with Crippen LogP contribution >= 0.6 is 0 Å². The first-order chi connectivity index (χ1) is 13.6. The molecule has 1 saturated heterocycles. The molecule has 0 bridgehead atoms. The summed E-state index contributed by atoms with van der Waals surface area (Å²) in [7, 11) is 3.74. The number of amides is 1. The average molecular weight is 407 g/mol. The van der Waals surface area contributed by atoms with Gasteiger partial charge in [-0.25, -0.2) is 4.79 Å². The lowest BCUT2D eigenvalue weighted by Gasteiger charge is -2.34. The summed E-state index contributed by atoms with van der Waals surface area (Å²) in [6, 6.07) is 0. The van der Waals surface area contributed by atoms with E-state index >= 15 is 0 Å². The van der Waals surface area contributed by atoms with Gasteiger partial charge < -0.3 is 20.3 Å². The van der Waals surface area contributed by atoms with Crippen molar-refractivity contribution in [3.8, 4) is 0 Å². The Balaban J connectivity index is 1.76. The van der Waals surface area contributed by atoms with Crippen LogP contribution in [0.25, 0.3) is 0 Å². The van der Waals surface area contributed by atoms with E-state index in [0.29, 0.717) is 12.5 Å². The topological polar surface area (TPSA) is 83.8 Å². The van der Waals surface area contributed by atoms with Crippen molar-refractivity contribution in [3.05, 3.63) is 17.0 Å². The molecule has 8 nitrogen and oxygen atoms in total. The van der Waals surface area contributed by atoms with Gasteiger partial charge in [0.1, 0.15) is 5.60 Å². The molecule has 164 valence electrons. The minimum absolute atomic E-state index is 0.199. The Morgan fingerprint density at radius 3 is 2.62 bits per heavy atom. The summed E-state index contributed by atoms with van der Waals surface area (Å²) in [5.41, 5.74) is 2.96. The molecule has 0 saturated carbocycles. The normalized spacial score (nSPS) is 18.0. The van der Waals surface area contributed by atoms with Crippen molar-refractivity contribution in [2.45, 2.75) is 66.0 Å². The van der Waals surface area contributed by atoms with Gasteiger partial charge in [-0.2, -0.15) is 5.10 Å². The molecule has 2 N–H and O–H groups in total. The van der Waals surface area contributed by atoms with Gasteiger partial charge in [0.25, 0.3) is 0 Å². The first-order valence-corrected chi connectivity index (χ1v) is 10.5. The second kappa shape index (κ2) is 9.98. The summed E-state index contributed by atoms with van der Waals surface area (Å²) in [5.74, 6) is 1.26. The highest BCUT2D eigenvalue weighted by molar-refractivity contribution is 5.79. The summed E-state index contributed by atoms with van der Waals surface area (Å²) >= 11 is 0. The van der Waals surface area contributed by atoms with Crippen molar-refractivity contribution < 1.29 is 9.53 Å². The lowest BCUT2D eigenvalue weighted by Crippen LogP contribution is -2.44. The maximum Gasteiger partial charge on any atom is 0.410 e. The van der Waals surface area contributed by atoms with E-state index < -0.39 is 5.60 Å². The van der Waals surface area contributed by atoms with Gasteiger partial charge in [-0.3, -0.25) is 9.67 Å². The summed E-state index contributed by atoms with van der Waals surface area (Å²) in [4.78, 5) is 18.5. The number of aryl methyl sites for hydroxylation is 2. The molecular weight excluding hydrogens is 368 g/mol. The highest BCUT2D eigenvalue weighted by Crippen LogP contribution is 2.21. The smallest absolute Gasteiger partial charge is 0.410 e. The van der Waals surface area contributed by atoms with Gasteiger partial charge in [0.15, 0.2) is 5.96 Å².